The minimum absolute atomic E-state index is 0.0780. The number of nitrogens with one attached hydrogen (secondary N) is 3. The second-order valence-electron chi connectivity index (χ2n) is 15.1. The summed E-state index contributed by atoms with van der Waals surface area (Å²) in [5, 5.41) is 8.38. The molecular weight excluding hydrogens is 782 g/mol. The van der Waals surface area contributed by atoms with Gasteiger partial charge in [0.05, 0.1) is 66.4 Å². The van der Waals surface area contributed by atoms with E-state index in [1.54, 1.807) is 18.6 Å². The number of imidazole rings is 2. The predicted octanol–water partition coefficient (Wildman–Crippen LogP) is 3.93. The highest BCUT2D eigenvalue weighted by Crippen LogP contribution is 2.23. The summed E-state index contributed by atoms with van der Waals surface area (Å²) in [7, 11) is 0. The van der Waals surface area contributed by atoms with Crippen LogP contribution in [-0.2, 0) is 0 Å². The van der Waals surface area contributed by atoms with Crippen molar-refractivity contribution in [1.82, 2.24) is 54.0 Å². The number of amides is 2. The van der Waals surface area contributed by atoms with Gasteiger partial charge in [-0.15, -0.1) is 0 Å². The molecule has 0 unspecified atom stereocenters. The highest BCUT2D eigenvalue weighted by Gasteiger charge is 2.28. The molecular formula is C39H47F3N16O2. The summed E-state index contributed by atoms with van der Waals surface area (Å²) in [6.45, 7) is 11.8. The maximum atomic E-state index is 12.6. The summed E-state index contributed by atoms with van der Waals surface area (Å²) in [6.07, 6.45) is 10.2. The predicted molar refractivity (Wildman–Crippen MR) is 218 cm³/mol. The van der Waals surface area contributed by atoms with Crippen LogP contribution in [-0.4, -0.2) is 112 Å². The van der Waals surface area contributed by atoms with E-state index in [9.17, 15) is 22.8 Å². The Bertz CT molecular complexity index is 2450. The van der Waals surface area contributed by atoms with Gasteiger partial charge < -0.3 is 40.3 Å². The molecule has 0 spiro atoms. The molecule has 0 radical (unpaired) electrons. The van der Waals surface area contributed by atoms with E-state index in [4.69, 9.17) is 5.73 Å². The van der Waals surface area contributed by atoms with Crippen LogP contribution in [0.25, 0.3) is 11.3 Å². The number of aryl methyl sites for hydroxylation is 4. The van der Waals surface area contributed by atoms with Crippen LogP contribution in [0.2, 0.25) is 0 Å². The van der Waals surface area contributed by atoms with Gasteiger partial charge in [0.2, 0.25) is 0 Å². The smallest absolute Gasteiger partial charge is 0.355 e. The topological polar surface area (TPSA) is 215 Å². The van der Waals surface area contributed by atoms with Crippen molar-refractivity contribution in [2.45, 2.75) is 53.1 Å². The number of alkyl halides is 3. The third-order valence-corrected chi connectivity index (χ3v) is 10.2. The van der Waals surface area contributed by atoms with Crippen molar-refractivity contribution in [2.75, 3.05) is 66.2 Å². The van der Waals surface area contributed by atoms with Gasteiger partial charge in [-0.2, -0.15) is 13.2 Å². The van der Waals surface area contributed by atoms with Crippen LogP contribution < -0.4 is 31.5 Å². The molecule has 5 N–H and O–H groups in total. The van der Waals surface area contributed by atoms with E-state index in [0.717, 1.165) is 66.7 Å². The lowest BCUT2D eigenvalue weighted by Gasteiger charge is -2.17. The number of nitrogens with zero attached hydrogens (tertiary/aromatic N) is 12. The zero-order chi connectivity index (χ0) is 42.6. The molecule has 0 aromatic carbocycles. The number of anilines is 4. The molecule has 6 aromatic heterocycles. The Hall–Kier alpha value is -6.35. The molecule has 316 valence electrons. The monoisotopic (exact) mass is 828 g/mol. The largest absolute Gasteiger partial charge is 0.390 e. The van der Waals surface area contributed by atoms with Gasteiger partial charge >= 0.3 is 6.18 Å². The molecule has 8 rings (SSSR count). The van der Waals surface area contributed by atoms with E-state index in [0.29, 0.717) is 48.7 Å². The van der Waals surface area contributed by atoms with Crippen LogP contribution in [0.5, 0.6) is 0 Å². The summed E-state index contributed by atoms with van der Waals surface area (Å²) in [5.74, 6) is 2.18. The molecule has 2 amide bonds. The zero-order valence-corrected chi connectivity index (χ0v) is 33.7. The lowest BCUT2D eigenvalue weighted by Crippen LogP contribution is -2.29. The van der Waals surface area contributed by atoms with Crippen molar-refractivity contribution in [1.29, 1.82) is 0 Å². The van der Waals surface area contributed by atoms with E-state index >= 15 is 0 Å². The number of hydrogen-bond donors (Lipinski definition) is 4. The Balaban J connectivity index is 0.000000185. The number of hydrogen-bond acceptors (Lipinski definition) is 14. The molecule has 2 aliphatic rings. The van der Waals surface area contributed by atoms with Crippen molar-refractivity contribution in [2.24, 2.45) is 17.6 Å². The van der Waals surface area contributed by atoms with E-state index in [1.165, 1.54) is 18.6 Å². The Kier molecular flexibility index (Phi) is 12.5. The summed E-state index contributed by atoms with van der Waals surface area (Å²) in [6, 6.07) is 0. The Morgan fingerprint density at radius 1 is 0.700 bits per heavy atom. The molecule has 2 aliphatic heterocycles. The number of nitrogens with two attached hydrogens (primary N) is 1. The van der Waals surface area contributed by atoms with Gasteiger partial charge in [-0.1, -0.05) is 0 Å². The SMILES string of the molecule is Cc1cn2cc(NC(=O)c3cnc(N4CC[C@@H](CN)C4)cn3)nc(C)c2n1.Cc1cn2cc(NC(=O)c3cnc(N4CC[C@@H](CNCCC(F)(F)F)C4)cn3)nc(C)c2n1. The average molecular weight is 829 g/mol. The van der Waals surface area contributed by atoms with Gasteiger partial charge in [0, 0.05) is 45.1 Å². The molecule has 6 aromatic rings. The first-order chi connectivity index (χ1) is 28.7. The fourth-order valence-corrected chi connectivity index (χ4v) is 7.21. The Morgan fingerprint density at radius 3 is 1.62 bits per heavy atom. The standard InChI is InChI=1S/C21H25F3N8O.C18H22N8O/c1-13-10-32-12-17(29-14(2)19(32)28-13)30-20(33)16-8-27-18(9-26-16)31-6-3-15(11-31)7-25-5-4-21(22,23)24;1-11-8-26-10-15(23-12(2)17(26)22-11)24-18(27)14-6-21-16(7-20-14)25-4-3-13(5-19)9-25/h8-10,12,15,25H,3-7,11H2,1-2H3,(H,30,33);6-8,10,13H,3-5,9,19H2,1-2H3,(H,24,27)/t15-;13-/m00/s1. The summed E-state index contributed by atoms with van der Waals surface area (Å²) < 4.78 is 40.4. The van der Waals surface area contributed by atoms with Crippen molar-refractivity contribution in [3.05, 3.63) is 83.7 Å². The van der Waals surface area contributed by atoms with Crippen molar-refractivity contribution < 1.29 is 22.8 Å². The minimum Gasteiger partial charge on any atom is -0.355 e. The van der Waals surface area contributed by atoms with Crippen molar-refractivity contribution in [3.63, 3.8) is 0 Å². The van der Waals surface area contributed by atoms with Crippen LogP contribution in [0.4, 0.5) is 36.4 Å². The highest BCUT2D eigenvalue weighted by atomic mass is 19.4. The van der Waals surface area contributed by atoms with Crippen LogP contribution in [0.3, 0.4) is 0 Å². The number of rotatable bonds is 11. The van der Waals surface area contributed by atoms with Crippen LogP contribution in [0.1, 0.15) is 63.0 Å². The van der Waals surface area contributed by atoms with Gasteiger partial charge in [-0.05, 0) is 65.5 Å². The van der Waals surface area contributed by atoms with E-state index in [1.807, 2.05) is 53.8 Å². The maximum absolute atomic E-state index is 12.6. The molecule has 60 heavy (non-hydrogen) atoms. The molecule has 2 fully saturated rings. The van der Waals surface area contributed by atoms with Crippen LogP contribution in [0, 0.1) is 39.5 Å². The van der Waals surface area contributed by atoms with E-state index in [2.05, 4.69) is 60.7 Å². The number of carbonyl (C=O) groups excluding carboxylic acids is 2. The Morgan fingerprint density at radius 2 is 1.18 bits per heavy atom. The lowest BCUT2D eigenvalue weighted by atomic mass is 10.1. The third kappa shape index (κ3) is 10.3. The highest BCUT2D eigenvalue weighted by molar-refractivity contribution is 6.02. The molecule has 0 saturated carbocycles. The summed E-state index contributed by atoms with van der Waals surface area (Å²) in [4.78, 5) is 64.0. The maximum Gasteiger partial charge on any atom is 0.390 e. The zero-order valence-electron chi connectivity index (χ0n) is 33.7. The molecule has 0 aliphatic carbocycles. The molecule has 21 heteroatoms. The van der Waals surface area contributed by atoms with E-state index in [-0.39, 0.29) is 29.8 Å². The number of carbonyl (C=O) groups is 2. The average Bonchev–Trinajstić information content (AvgIpc) is 4.03. The van der Waals surface area contributed by atoms with Gasteiger partial charge in [0.1, 0.15) is 34.7 Å². The van der Waals surface area contributed by atoms with Crippen molar-refractivity contribution in [3.8, 4) is 0 Å². The van der Waals surface area contributed by atoms with Gasteiger partial charge in [-0.3, -0.25) is 9.59 Å². The molecule has 8 heterocycles. The summed E-state index contributed by atoms with van der Waals surface area (Å²) >= 11 is 0. The van der Waals surface area contributed by atoms with Gasteiger partial charge in [-0.25, -0.2) is 39.9 Å². The minimum atomic E-state index is -4.14. The molecule has 2 saturated heterocycles. The Labute approximate surface area is 343 Å². The molecule has 18 nitrogen and oxygen atoms in total. The molecule has 0 bridgehead atoms. The molecule has 2 atom stereocenters. The fraction of sp³-hybridized carbons (Fsp3) is 0.436. The first-order valence-electron chi connectivity index (χ1n) is 19.6. The second kappa shape index (κ2) is 17.9. The van der Waals surface area contributed by atoms with Crippen molar-refractivity contribution >= 4 is 46.4 Å². The van der Waals surface area contributed by atoms with Gasteiger partial charge in [0.15, 0.2) is 11.3 Å². The third-order valence-electron chi connectivity index (χ3n) is 10.2. The second-order valence-corrected chi connectivity index (χ2v) is 15.1. The van der Waals surface area contributed by atoms with E-state index < -0.39 is 18.5 Å². The van der Waals surface area contributed by atoms with Crippen LogP contribution in [0.15, 0.2) is 49.6 Å². The van der Waals surface area contributed by atoms with Crippen LogP contribution >= 0.6 is 0 Å². The fourth-order valence-electron chi connectivity index (χ4n) is 7.21. The summed E-state index contributed by atoms with van der Waals surface area (Å²) in [5.41, 5.74) is 10.8. The number of aromatic nitrogens is 10. The number of halogens is 3. The lowest BCUT2D eigenvalue weighted by molar-refractivity contribution is -0.133. The first-order valence-corrected chi connectivity index (χ1v) is 19.6. The number of fused-ring (bicyclic) bond motifs is 2. The quantitative estimate of drug-likeness (QED) is 0.136. The van der Waals surface area contributed by atoms with Gasteiger partial charge in [0.25, 0.3) is 11.8 Å². The normalized spacial score (nSPS) is 16.7. The first kappa shape index (κ1) is 41.8.